The van der Waals surface area contributed by atoms with Crippen molar-refractivity contribution < 1.29 is 9.59 Å². The maximum atomic E-state index is 13.2. The monoisotopic (exact) mass is 397 g/mol. The molecule has 2 aromatic rings. The smallest absolute Gasteiger partial charge is 0.236 e. The van der Waals surface area contributed by atoms with Crippen LogP contribution in [0.15, 0.2) is 24.5 Å². The van der Waals surface area contributed by atoms with Crippen LogP contribution in [0.3, 0.4) is 0 Å². The van der Waals surface area contributed by atoms with Gasteiger partial charge in [-0.2, -0.15) is 0 Å². The number of likely N-dealkylation sites (N-methyl/N-ethyl adjacent to an activating group) is 1. The zero-order valence-corrected chi connectivity index (χ0v) is 17.0. The molecule has 0 N–H and O–H groups in total. The van der Waals surface area contributed by atoms with Gasteiger partial charge in [0.1, 0.15) is 5.82 Å². The summed E-state index contributed by atoms with van der Waals surface area (Å²) in [5, 5.41) is 8.76. The van der Waals surface area contributed by atoms with E-state index in [1.54, 1.807) is 31.4 Å². The number of nitrogens with zero attached hydrogens (tertiary/aromatic N) is 7. The van der Waals surface area contributed by atoms with Crippen LogP contribution < -0.4 is 0 Å². The highest BCUT2D eigenvalue weighted by Crippen LogP contribution is 2.31. The third kappa shape index (κ3) is 4.00. The fourth-order valence-corrected chi connectivity index (χ4v) is 4.00. The van der Waals surface area contributed by atoms with Gasteiger partial charge in [0.15, 0.2) is 5.82 Å². The molecule has 1 saturated heterocycles. The molecule has 154 valence electrons. The molecule has 2 aliphatic heterocycles. The third-order valence-electron chi connectivity index (χ3n) is 5.74. The quantitative estimate of drug-likeness (QED) is 0.745. The molecule has 0 aromatic carbocycles. The van der Waals surface area contributed by atoms with Gasteiger partial charge >= 0.3 is 0 Å². The lowest BCUT2D eigenvalue weighted by atomic mass is 9.96. The molecule has 1 unspecified atom stereocenters. The summed E-state index contributed by atoms with van der Waals surface area (Å²) >= 11 is 0. The molecule has 2 aromatic heterocycles. The second-order valence-electron chi connectivity index (χ2n) is 7.85. The standard InChI is InChI=1S/C20H27N7O2/c1-24(2)17(28)14-25-10-12-26(13-11-25)20(29)16-4-3-9-27-18(22-23-19(16)27)15-5-7-21-8-6-15/h5-8,16H,3-4,9-14H2,1-2H3. The van der Waals surface area contributed by atoms with Crippen molar-refractivity contribution in [3.05, 3.63) is 30.4 Å². The number of carbonyl (C=O) groups is 2. The Balaban J connectivity index is 1.44. The Morgan fingerprint density at radius 2 is 1.79 bits per heavy atom. The number of hydrogen-bond acceptors (Lipinski definition) is 6. The number of aromatic nitrogens is 4. The highest BCUT2D eigenvalue weighted by molar-refractivity contribution is 5.83. The molecule has 4 rings (SSSR count). The van der Waals surface area contributed by atoms with Crippen LogP contribution in [0, 0.1) is 0 Å². The lowest BCUT2D eigenvalue weighted by Gasteiger charge is -2.37. The molecule has 0 spiro atoms. The predicted octanol–water partition coefficient (Wildman–Crippen LogP) is 0.450. The zero-order chi connectivity index (χ0) is 20.4. The summed E-state index contributed by atoms with van der Waals surface area (Å²) in [7, 11) is 3.53. The summed E-state index contributed by atoms with van der Waals surface area (Å²) in [4.78, 5) is 34.8. The van der Waals surface area contributed by atoms with Crippen LogP contribution in [0.1, 0.15) is 24.6 Å². The molecular formula is C20H27N7O2. The second kappa shape index (κ2) is 8.28. The average Bonchev–Trinajstić information content (AvgIpc) is 3.18. The van der Waals surface area contributed by atoms with Gasteiger partial charge in [0.25, 0.3) is 0 Å². The largest absolute Gasteiger partial charge is 0.348 e. The minimum absolute atomic E-state index is 0.0915. The van der Waals surface area contributed by atoms with E-state index >= 15 is 0 Å². The molecule has 0 saturated carbocycles. The number of pyridine rings is 1. The van der Waals surface area contributed by atoms with E-state index in [1.807, 2.05) is 17.0 Å². The molecular weight excluding hydrogens is 370 g/mol. The Labute approximate surface area is 170 Å². The molecule has 2 aliphatic rings. The van der Waals surface area contributed by atoms with E-state index < -0.39 is 0 Å². The molecule has 0 aliphatic carbocycles. The van der Waals surface area contributed by atoms with Gasteiger partial charge in [-0.25, -0.2) is 0 Å². The van der Waals surface area contributed by atoms with E-state index in [0.717, 1.165) is 36.6 Å². The number of rotatable bonds is 4. The van der Waals surface area contributed by atoms with Gasteiger partial charge in [-0.3, -0.25) is 19.5 Å². The van der Waals surface area contributed by atoms with Crippen molar-refractivity contribution >= 4 is 11.8 Å². The first-order chi connectivity index (χ1) is 14.0. The number of carbonyl (C=O) groups excluding carboxylic acids is 2. The maximum absolute atomic E-state index is 13.2. The van der Waals surface area contributed by atoms with Crippen molar-refractivity contribution in [3.63, 3.8) is 0 Å². The van der Waals surface area contributed by atoms with Crippen molar-refractivity contribution in [3.8, 4) is 11.4 Å². The molecule has 4 heterocycles. The van der Waals surface area contributed by atoms with Gasteiger partial charge in [0.2, 0.25) is 11.8 Å². The maximum Gasteiger partial charge on any atom is 0.236 e. The molecule has 9 nitrogen and oxygen atoms in total. The zero-order valence-electron chi connectivity index (χ0n) is 17.0. The summed E-state index contributed by atoms with van der Waals surface area (Å²) in [5.41, 5.74) is 0.964. The Bertz CT molecular complexity index is 872. The van der Waals surface area contributed by atoms with Crippen LogP contribution in [0.2, 0.25) is 0 Å². The number of piperazine rings is 1. The SMILES string of the molecule is CN(C)C(=O)CN1CCN(C(=O)C2CCCn3c(-c4ccncc4)nnc32)CC1. The Morgan fingerprint density at radius 1 is 1.07 bits per heavy atom. The summed E-state index contributed by atoms with van der Waals surface area (Å²) in [6, 6.07) is 3.83. The Morgan fingerprint density at radius 3 is 2.48 bits per heavy atom. The first kappa shape index (κ1) is 19.5. The molecule has 1 fully saturated rings. The molecule has 9 heteroatoms. The number of amides is 2. The highest BCUT2D eigenvalue weighted by atomic mass is 16.2. The Kier molecular flexibility index (Phi) is 5.57. The Hall–Kier alpha value is -2.81. The summed E-state index contributed by atoms with van der Waals surface area (Å²) in [6.45, 7) is 3.94. The van der Waals surface area contributed by atoms with E-state index in [-0.39, 0.29) is 17.7 Å². The lowest BCUT2D eigenvalue weighted by molar-refractivity contribution is -0.136. The van der Waals surface area contributed by atoms with E-state index in [2.05, 4.69) is 24.6 Å². The molecule has 2 amide bonds. The topological polar surface area (TPSA) is 87.5 Å². The molecule has 1 atom stereocenters. The normalized spacial score (nSPS) is 19.7. The summed E-state index contributed by atoms with van der Waals surface area (Å²) in [5.74, 6) is 1.53. The fraction of sp³-hybridized carbons (Fsp3) is 0.550. The van der Waals surface area contributed by atoms with Crippen molar-refractivity contribution in [2.75, 3.05) is 46.8 Å². The first-order valence-corrected chi connectivity index (χ1v) is 10.1. The summed E-state index contributed by atoms with van der Waals surface area (Å²) in [6.07, 6.45) is 5.20. The van der Waals surface area contributed by atoms with Crippen LogP contribution >= 0.6 is 0 Å². The van der Waals surface area contributed by atoms with Crippen LogP contribution in [-0.4, -0.2) is 93.1 Å². The molecule has 0 radical (unpaired) electrons. The van der Waals surface area contributed by atoms with Crippen LogP contribution in [0.25, 0.3) is 11.4 Å². The van der Waals surface area contributed by atoms with Crippen molar-refractivity contribution in [1.29, 1.82) is 0 Å². The van der Waals surface area contributed by atoms with E-state index in [0.29, 0.717) is 32.7 Å². The minimum Gasteiger partial charge on any atom is -0.348 e. The van der Waals surface area contributed by atoms with E-state index in [9.17, 15) is 9.59 Å². The van der Waals surface area contributed by atoms with Crippen molar-refractivity contribution in [1.82, 2.24) is 34.4 Å². The third-order valence-corrected chi connectivity index (χ3v) is 5.74. The van der Waals surface area contributed by atoms with Gasteiger partial charge in [0.05, 0.1) is 12.5 Å². The van der Waals surface area contributed by atoms with Crippen molar-refractivity contribution in [2.24, 2.45) is 0 Å². The van der Waals surface area contributed by atoms with Gasteiger partial charge in [-0.05, 0) is 25.0 Å². The predicted molar refractivity (Wildman–Crippen MR) is 107 cm³/mol. The molecule has 0 bridgehead atoms. The first-order valence-electron chi connectivity index (χ1n) is 10.1. The minimum atomic E-state index is -0.248. The second-order valence-corrected chi connectivity index (χ2v) is 7.85. The van der Waals surface area contributed by atoms with Crippen molar-refractivity contribution in [2.45, 2.75) is 25.3 Å². The van der Waals surface area contributed by atoms with Crippen LogP contribution in [0.4, 0.5) is 0 Å². The van der Waals surface area contributed by atoms with Crippen LogP contribution in [-0.2, 0) is 16.1 Å². The average molecular weight is 397 g/mol. The van der Waals surface area contributed by atoms with Gasteiger partial charge in [0, 0.05) is 64.8 Å². The highest BCUT2D eigenvalue weighted by Gasteiger charge is 2.35. The molecule has 29 heavy (non-hydrogen) atoms. The fourth-order valence-electron chi connectivity index (χ4n) is 4.00. The van der Waals surface area contributed by atoms with E-state index in [4.69, 9.17) is 0 Å². The van der Waals surface area contributed by atoms with Gasteiger partial charge in [-0.15, -0.1) is 10.2 Å². The van der Waals surface area contributed by atoms with Crippen LogP contribution in [0.5, 0.6) is 0 Å². The lowest BCUT2D eigenvalue weighted by Crippen LogP contribution is -2.52. The van der Waals surface area contributed by atoms with Gasteiger partial charge in [-0.1, -0.05) is 0 Å². The number of fused-ring (bicyclic) bond motifs is 1. The van der Waals surface area contributed by atoms with Gasteiger partial charge < -0.3 is 14.4 Å². The number of hydrogen-bond donors (Lipinski definition) is 0. The summed E-state index contributed by atoms with van der Waals surface area (Å²) < 4.78 is 2.08. The van der Waals surface area contributed by atoms with E-state index in [1.165, 1.54) is 0 Å².